The lowest BCUT2D eigenvalue weighted by molar-refractivity contribution is 0.0879. The van der Waals surface area contributed by atoms with Crippen LogP contribution in [0.5, 0.6) is 0 Å². The standard InChI is InChI=1S/C20H23N3O4S2/c1-13-6-8-23(9-7-13)17(18-3-2-10-28-18)12-21-29(26,27)14-4-5-15-16(11-14)20(25)22-19(15)24/h2-5,10-11,13,17,21H,6-9,12H2,1H3,(H,22,24,25). The van der Waals surface area contributed by atoms with Gasteiger partial charge in [0, 0.05) is 11.4 Å². The number of carbonyl (C=O) groups is 2. The van der Waals surface area contributed by atoms with Crippen LogP contribution in [0.15, 0.2) is 40.6 Å². The van der Waals surface area contributed by atoms with Gasteiger partial charge in [-0.1, -0.05) is 13.0 Å². The van der Waals surface area contributed by atoms with Crippen molar-refractivity contribution in [3.63, 3.8) is 0 Å². The molecular formula is C20H23N3O4S2. The Balaban J connectivity index is 1.53. The number of hydrogen-bond donors (Lipinski definition) is 2. The lowest BCUT2D eigenvalue weighted by Crippen LogP contribution is -2.41. The van der Waals surface area contributed by atoms with E-state index in [2.05, 4.69) is 21.9 Å². The smallest absolute Gasteiger partial charge is 0.258 e. The normalized spacial score (nSPS) is 19.2. The minimum absolute atomic E-state index is 0.0155. The quantitative estimate of drug-likeness (QED) is 0.682. The Bertz CT molecular complexity index is 1030. The number of benzene rings is 1. The largest absolute Gasteiger partial charge is 0.294 e. The Hall–Kier alpha value is -2.07. The van der Waals surface area contributed by atoms with Crippen molar-refractivity contribution in [2.75, 3.05) is 19.6 Å². The molecule has 2 amide bonds. The molecule has 1 saturated heterocycles. The van der Waals surface area contributed by atoms with Crippen molar-refractivity contribution in [1.29, 1.82) is 0 Å². The van der Waals surface area contributed by atoms with Gasteiger partial charge in [0.15, 0.2) is 0 Å². The molecule has 1 aromatic carbocycles. The van der Waals surface area contributed by atoms with Gasteiger partial charge in [0.2, 0.25) is 10.0 Å². The molecule has 154 valence electrons. The predicted molar refractivity (Wildman–Crippen MR) is 110 cm³/mol. The second kappa shape index (κ2) is 7.98. The first-order chi connectivity index (χ1) is 13.8. The van der Waals surface area contributed by atoms with E-state index in [9.17, 15) is 18.0 Å². The highest BCUT2D eigenvalue weighted by atomic mass is 32.2. The predicted octanol–water partition coefficient (Wildman–Crippen LogP) is 2.38. The SMILES string of the molecule is CC1CCN(C(CNS(=O)(=O)c2ccc3c(c2)C(=O)NC3=O)c2cccs2)CC1. The number of fused-ring (bicyclic) bond motifs is 1. The van der Waals surface area contributed by atoms with Crippen molar-refractivity contribution in [2.45, 2.75) is 30.7 Å². The summed E-state index contributed by atoms with van der Waals surface area (Å²) in [7, 11) is -3.82. The van der Waals surface area contributed by atoms with Crippen LogP contribution in [-0.2, 0) is 10.0 Å². The second-order valence-corrected chi connectivity index (χ2v) is 10.3. The van der Waals surface area contributed by atoms with Gasteiger partial charge in [-0.3, -0.25) is 19.8 Å². The van der Waals surface area contributed by atoms with Crippen LogP contribution >= 0.6 is 11.3 Å². The number of nitrogens with one attached hydrogen (secondary N) is 2. The highest BCUT2D eigenvalue weighted by Gasteiger charge is 2.30. The summed E-state index contributed by atoms with van der Waals surface area (Å²) in [6, 6.07) is 7.99. The van der Waals surface area contributed by atoms with Gasteiger partial charge < -0.3 is 0 Å². The Morgan fingerprint density at radius 3 is 2.59 bits per heavy atom. The molecule has 0 spiro atoms. The maximum absolute atomic E-state index is 12.9. The van der Waals surface area contributed by atoms with Crippen LogP contribution in [-0.4, -0.2) is 44.8 Å². The van der Waals surface area contributed by atoms with Gasteiger partial charge >= 0.3 is 0 Å². The summed E-state index contributed by atoms with van der Waals surface area (Å²) in [6.07, 6.45) is 2.20. The van der Waals surface area contributed by atoms with Crippen LogP contribution in [0.2, 0.25) is 0 Å². The average Bonchev–Trinajstić information content (AvgIpc) is 3.32. The molecule has 1 fully saturated rings. The Labute approximate surface area is 174 Å². The number of hydrogen-bond acceptors (Lipinski definition) is 6. The molecule has 2 N–H and O–H groups in total. The molecule has 0 aliphatic carbocycles. The lowest BCUT2D eigenvalue weighted by atomic mass is 9.97. The number of piperidine rings is 1. The highest BCUT2D eigenvalue weighted by molar-refractivity contribution is 7.89. The summed E-state index contributed by atoms with van der Waals surface area (Å²) < 4.78 is 28.5. The fourth-order valence-electron chi connectivity index (χ4n) is 3.82. The molecular weight excluding hydrogens is 410 g/mol. The summed E-state index contributed by atoms with van der Waals surface area (Å²) >= 11 is 1.62. The second-order valence-electron chi connectivity index (χ2n) is 7.59. The third kappa shape index (κ3) is 4.13. The summed E-state index contributed by atoms with van der Waals surface area (Å²) in [6.45, 7) is 4.37. The van der Waals surface area contributed by atoms with Gasteiger partial charge in [-0.2, -0.15) is 0 Å². The minimum Gasteiger partial charge on any atom is -0.294 e. The zero-order valence-electron chi connectivity index (χ0n) is 16.1. The molecule has 0 bridgehead atoms. The minimum atomic E-state index is -3.82. The van der Waals surface area contributed by atoms with E-state index in [0.29, 0.717) is 5.92 Å². The van der Waals surface area contributed by atoms with Crippen molar-refractivity contribution >= 4 is 33.2 Å². The molecule has 3 heterocycles. The fraction of sp³-hybridized carbons (Fsp3) is 0.400. The maximum atomic E-state index is 12.9. The van der Waals surface area contributed by atoms with Crippen molar-refractivity contribution in [3.8, 4) is 0 Å². The van der Waals surface area contributed by atoms with Gasteiger partial charge in [-0.25, -0.2) is 13.1 Å². The van der Waals surface area contributed by atoms with Crippen LogP contribution in [0.1, 0.15) is 51.4 Å². The summed E-state index contributed by atoms with van der Waals surface area (Å²) in [4.78, 5) is 27.0. The molecule has 2 aliphatic rings. The molecule has 0 radical (unpaired) electrons. The summed E-state index contributed by atoms with van der Waals surface area (Å²) in [5.41, 5.74) is 0.297. The Morgan fingerprint density at radius 1 is 1.17 bits per heavy atom. The van der Waals surface area contributed by atoms with Crippen LogP contribution in [0.4, 0.5) is 0 Å². The zero-order valence-corrected chi connectivity index (χ0v) is 17.7. The number of likely N-dealkylation sites (tertiary alicyclic amines) is 1. The molecule has 2 aliphatic heterocycles. The molecule has 9 heteroatoms. The van der Waals surface area contributed by atoms with Gasteiger partial charge in [-0.05, 0) is 61.5 Å². The maximum Gasteiger partial charge on any atom is 0.258 e. The summed E-state index contributed by atoms with van der Waals surface area (Å²) in [5.74, 6) is -0.382. The third-order valence-electron chi connectivity index (χ3n) is 5.61. The first-order valence-electron chi connectivity index (χ1n) is 9.62. The van der Waals surface area contributed by atoms with Gasteiger partial charge in [-0.15, -0.1) is 11.3 Å². The molecule has 1 atom stereocenters. The Kier molecular flexibility index (Phi) is 5.56. The highest BCUT2D eigenvalue weighted by Crippen LogP contribution is 2.29. The third-order valence-corrected chi connectivity index (χ3v) is 8.01. The zero-order chi connectivity index (χ0) is 20.6. The van der Waals surface area contributed by atoms with E-state index in [1.807, 2.05) is 17.5 Å². The van der Waals surface area contributed by atoms with Crippen molar-refractivity contribution in [2.24, 2.45) is 5.92 Å². The first kappa shape index (κ1) is 20.2. The lowest BCUT2D eigenvalue weighted by Gasteiger charge is -2.36. The number of rotatable bonds is 6. The van der Waals surface area contributed by atoms with Crippen LogP contribution in [0.25, 0.3) is 0 Å². The molecule has 7 nitrogen and oxygen atoms in total. The number of thiophene rings is 1. The molecule has 1 aromatic heterocycles. The van der Waals surface area contributed by atoms with Crippen molar-refractivity contribution in [3.05, 3.63) is 51.7 Å². The van der Waals surface area contributed by atoms with Gasteiger partial charge in [0.1, 0.15) is 0 Å². The van der Waals surface area contributed by atoms with Crippen molar-refractivity contribution in [1.82, 2.24) is 14.9 Å². The van der Waals surface area contributed by atoms with Crippen LogP contribution in [0.3, 0.4) is 0 Å². The van der Waals surface area contributed by atoms with E-state index in [1.165, 1.54) is 18.2 Å². The van der Waals surface area contributed by atoms with E-state index in [1.54, 1.807) is 11.3 Å². The average molecular weight is 434 g/mol. The van der Waals surface area contributed by atoms with Crippen molar-refractivity contribution < 1.29 is 18.0 Å². The molecule has 0 saturated carbocycles. The topological polar surface area (TPSA) is 95.6 Å². The number of amides is 2. The first-order valence-corrected chi connectivity index (χ1v) is 12.0. The van der Waals surface area contributed by atoms with Gasteiger partial charge in [0.05, 0.1) is 22.1 Å². The van der Waals surface area contributed by atoms with E-state index in [0.717, 1.165) is 30.8 Å². The van der Waals surface area contributed by atoms with E-state index >= 15 is 0 Å². The Morgan fingerprint density at radius 2 is 1.90 bits per heavy atom. The molecule has 4 rings (SSSR count). The van der Waals surface area contributed by atoms with E-state index in [4.69, 9.17) is 0 Å². The van der Waals surface area contributed by atoms with Gasteiger partial charge in [0.25, 0.3) is 11.8 Å². The summed E-state index contributed by atoms with van der Waals surface area (Å²) in [5, 5.41) is 4.18. The number of imide groups is 1. The monoisotopic (exact) mass is 433 g/mol. The molecule has 29 heavy (non-hydrogen) atoms. The number of sulfonamides is 1. The van der Waals surface area contributed by atoms with E-state index < -0.39 is 21.8 Å². The molecule has 1 unspecified atom stereocenters. The van der Waals surface area contributed by atoms with E-state index in [-0.39, 0.29) is 28.6 Å². The van der Waals surface area contributed by atoms with Crippen LogP contribution < -0.4 is 10.0 Å². The van der Waals surface area contributed by atoms with Crippen LogP contribution in [0, 0.1) is 5.92 Å². The number of nitrogens with zero attached hydrogens (tertiary/aromatic N) is 1. The molecule has 2 aromatic rings. The number of carbonyl (C=O) groups excluding carboxylic acids is 2. The fourth-order valence-corrected chi connectivity index (χ4v) is 5.74.